The van der Waals surface area contributed by atoms with Crippen LogP contribution in [0.15, 0.2) is 42.6 Å². The van der Waals surface area contributed by atoms with Crippen LogP contribution in [0.25, 0.3) is 0 Å². The fraction of sp³-hybridized carbons (Fsp3) is 0.400. The Morgan fingerprint density at radius 3 is 2.45 bits per heavy atom. The summed E-state index contributed by atoms with van der Waals surface area (Å²) in [5, 5.41) is 0.609. The van der Waals surface area contributed by atoms with Crippen molar-refractivity contribution in [3.8, 4) is 5.75 Å². The Morgan fingerprint density at radius 2 is 1.86 bits per heavy atom. The highest BCUT2D eigenvalue weighted by molar-refractivity contribution is 6.30. The fourth-order valence-electron chi connectivity index (χ4n) is 3.14. The van der Waals surface area contributed by atoms with E-state index in [4.69, 9.17) is 11.6 Å². The van der Waals surface area contributed by atoms with Gasteiger partial charge < -0.3 is 14.5 Å². The molecule has 0 saturated carbocycles. The number of nitrogens with zero attached hydrogens (tertiary/aromatic N) is 4. The summed E-state index contributed by atoms with van der Waals surface area (Å²) in [7, 11) is 1.74. The first kappa shape index (κ1) is 21.3. The first-order valence-corrected chi connectivity index (χ1v) is 9.65. The number of carbonyl (C=O) groups is 1. The molecule has 29 heavy (non-hydrogen) atoms. The summed E-state index contributed by atoms with van der Waals surface area (Å²) in [5.74, 6) is 0.999. The van der Waals surface area contributed by atoms with E-state index in [1.807, 2.05) is 12.1 Å². The Morgan fingerprint density at radius 1 is 1.17 bits per heavy atom. The third kappa shape index (κ3) is 6.27. The van der Waals surface area contributed by atoms with Crippen LogP contribution >= 0.6 is 11.6 Å². The van der Waals surface area contributed by atoms with E-state index >= 15 is 0 Å². The molecular formula is C20H23ClF2N4O2. The lowest BCUT2D eigenvalue weighted by Crippen LogP contribution is -2.49. The highest BCUT2D eigenvalue weighted by Gasteiger charge is 2.21. The van der Waals surface area contributed by atoms with Crippen molar-refractivity contribution in [1.82, 2.24) is 14.8 Å². The molecule has 1 aliphatic heterocycles. The highest BCUT2D eigenvalue weighted by Crippen LogP contribution is 2.17. The summed E-state index contributed by atoms with van der Waals surface area (Å²) in [5.41, 5.74) is 0.848. The number of amides is 1. The minimum absolute atomic E-state index is 0.0102. The molecule has 3 rings (SSSR count). The number of pyridine rings is 1. The van der Waals surface area contributed by atoms with Gasteiger partial charge in [0, 0.05) is 46.0 Å². The normalized spacial score (nSPS) is 14.9. The Kier molecular flexibility index (Phi) is 7.22. The predicted octanol–water partition coefficient (Wildman–Crippen LogP) is 3.12. The molecule has 1 saturated heterocycles. The molecular weight excluding hydrogens is 402 g/mol. The number of hydrogen-bond acceptors (Lipinski definition) is 5. The van der Waals surface area contributed by atoms with Crippen molar-refractivity contribution < 1.29 is 18.3 Å². The van der Waals surface area contributed by atoms with Crippen LogP contribution in [0, 0.1) is 0 Å². The molecule has 156 valence electrons. The van der Waals surface area contributed by atoms with Gasteiger partial charge in [0.05, 0.1) is 11.6 Å². The molecule has 9 heteroatoms. The third-order valence-corrected chi connectivity index (χ3v) is 4.98. The van der Waals surface area contributed by atoms with Crippen molar-refractivity contribution >= 4 is 23.3 Å². The monoisotopic (exact) mass is 424 g/mol. The number of likely N-dealkylation sites (N-methyl/N-ethyl adjacent to an activating group) is 1. The maximum absolute atomic E-state index is 12.5. The Balaban J connectivity index is 1.44. The van der Waals surface area contributed by atoms with Crippen LogP contribution in [-0.4, -0.2) is 67.1 Å². The maximum Gasteiger partial charge on any atom is 0.387 e. The minimum Gasteiger partial charge on any atom is -0.435 e. The first-order valence-electron chi connectivity index (χ1n) is 9.27. The molecule has 2 heterocycles. The second kappa shape index (κ2) is 9.84. The van der Waals surface area contributed by atoms with Gasteiger partial charge in [0.2, 0.25) is 5.91 Å². The van der Waals surface area contributed by atoms with Crippen LogP contribution in [0.3, 0.4) is 0 Å². The SMILES string of the molecule is CN(Cc1ccc(OC(F)F)cc1)C(=O)CN1CCN(c2ccc(Cl)cn2)CC1. The lowest BCUT2D eigenvalue weighted by molar-refractivity contribution is -0.131. The number of carbonyl (C=O) groups excluding carboxylic acids is 1. The highest BCUT2D eigenvalue weighted by atomic mass is 35.5. The molecule has 0 atom stereocenters. The standard InChI is InChI=1S/C20H23ClF2N4O2/c1-25(13-15-2-5-17(6-3-15)29-20(22)23)19(28)14-26-8-10-27(11-9-26)18-7-4-16(21)12-24-18/h2-7,12,20H,8-11,13-14H2,1H3. The number of benzene rings is 1. The molecule has 6 nitrogen and oxygen atoms in total. The topological polar surface area (TPSA) is 48.9 Å². The molecule has 1 fully saturated rings. The van der Waals surface area contributed by atoms with E-state index in [-0.39, 0.29) is 11.7 Å². The van der Waals surface area contributed by atoms with Crippen molar-refractivity contribution in [3.63, 3.8) is 0 Å². The van der Waals surface area contributed by atoms with Crippen molar-refractivity contribution in [1.29, 1.82) is 0 Å². The van der Waals surface area contributed by atoms with E-state index in [9.17, 15) is 13.6 Å². The maximum atomic E-state index is 12.5. The lowest BCUT2D eigenvalue weighted by Gasteiger charge is -2.35. The summed E-state index contributed by atoms with van der Waals surface area (Å²) >= 11 is 5.88. The molecule has 0 unspecified atom stereocenters. The van der Waals surface area contributed by atoms with Gasteiger partial charge in [-0.05, 0) is 29.8 Å². The van der Waals surface area contributed by atoms with E-state index in [1.165, 1.54) is 12.1 Å². The van der Waals surface area contributed by atoms with Crippen molar-refractivity contribution in [2.75, 3.05) is 44.7 Å². The number of piperazine rings is 1. The number of alkyl halides is 2. The van der Waals surface area contributed by atoms with Crippen molar-refractivity contribution in [3.05, 3.63) is 53.2 Å². The Labute approximate surface area is 173 Å². The molecule has 1 aromatic heterocycles. The zero-order valence-electron chi connectivity index (χ0n) is 16.1. The Hall–Kier alpha value is -2.45. The third-order valence-electron chi connectivity index (χ3n) is 4.76. The molecule has 0 bridgehead atoms. The van der Waals surface area contributed by atoms with Crippen LogP contribution in [0.2, 0.25) is 5.02 Å². The number of rotatable bonds is 7. The molecule has 1 aromatic carbocycles. The van der Waals surface area contributed by atoms with Gasteiger partial charge in [0.1, 0.15) is 11.6 Å². The van der Waals surface area contributed by atoms with Crippen LogP contribution in [-0.2, 0) is 11.3 Å². The zero-order chi connectivity index (χ0) is 20.8. The number of halogens is 3. The minimum atomic E-state index is -2.85. The average molecular weight is 425 g/mol. The summed E-state index contributed by atoms with van der Waals surface area (Å²) in [6.45, 7) is 1.01. The van der Waals surface area contributed by atoms with Gasteiger partial charge in [-0.3, -0.25) is 9.69 Å². The lowest BCUT2D eigenvalue weighted by atomic mass is 10.2. The number of anilines is 1. The van der Waals surface area contributed by atoms with Gasteiger partial charge in [0.15, 0.2) is 0 Å². The molecule has 2 aromatic rings. The molecule has 0 radical (unpaired) electrons. The fourth-order valence-corrected chi connectivity index (χ4v) is 3.25. The number of ether oxygens (including phenoxy) is 1. The molecule has 1 aliphatic rings. The molecule has 0 spiro atoms. The van der Waals surface area contributed by atoms with Gasteiger partial charge in [-0.15, -0.1) is 0 Å². The first-order chi connectivity index (χ1) is 13.9. The van der Waals surface area contributed by atoms with Gasteiger partial charge in [-0.1, -0.05) is 23.7 Å². The molecule has 0 aliphatic carbocycles. The van der Waals surface area contributed by atoms with Gasteiger partial charge >= 0.3 is 6.61 Å². The quantitative estimate of drug-likeness (QED) is 0.683. The second-order valence-corrected chi connectivity index (χ2v) is 7.31. The van der Waals surface area contributed by atoms with E-state index < -0.39 is 6.61 Å². The summed E-state index contributed by atoms with van der Waals surface area (Å²) in [4.78, 5) is 22.8. The summed E-state index contributed by atoms with van der Waals surface area (Å²) in [6.07, 6.45) is 1.63. The van der Waals surface area contributed by atoms with Crippen LogP contribution in [0.1, 0.15) is 5.56 Å². The van der Waals surface area contributed by atoms with Gasteiger partial charge in [-0.25, -0.2) is 4.98 Å². The van der Waals surface area contributed by atoms with E-state index in [0.29, 0.717) is 18.1 Å². The van der Waals surface area contributed by atoms with Crippen molar-refractivity contribution in [2.45, 2.75) is 13.2 Å². The molecule has 1 amide bonds. The zero-order valence-corrected chi connectivity index (χ0v) is 16.9. The van der Waals surface area contributed by atoms with Crippen LogP contribution in [0.5, 0.6) is 5.75 Å². The van der Waals surface area contributed by atoms with Gasteiger partial charge in [0.25, 0.3) is 0 Å². The predicted molar refractivity (Wildman–Crippen MR) is 107 cm³/mol. The largest absolute Gasteiger partial charge is 0.435 e. The number of hydrogen-bond donors (Lipinski definition) is 0. The van der Waals surface area contributed by atoms with Gasteiger partial charge in [-0.2, -0.15) is 8.78 Å². The number of aromatic nitrogens is 1. The van der Waals surface area contributed by atoms with E-state index in [0.717, 1.165) is 37.6 Å². The van der Waals surface area contributed by atoms with Crippen LogP contribution < -0.4 is 9.64 Å². The second-order valence-electron chi connectivity index (χ2n) is 6.87. The van der Waals surface area contributed by atoms with Crippen molar-refractivity contribution in [2.24, 2.45) is 0 Å². The Bertz CT molecular complexity index is 797. The summed E-state index contributed by atoms with van der Waals surface area (Å²) in [6, 6.07) is 10.0. The summed E-state index contributed by atoms with van der Waals surface area (Å²) < 4.78 is 28.7. The smallest absolute Gasteiger partial charge is 0.387 e. The van der Waals surface area contributed by atoms with E-state index in [2.05, 4.69) is 19.5 Å². The van der Waals surface area contributed by atoms with Crippen LogP contribution in [0.4, 0.5) is 14.6 Å². The molecule has 0 N–H and O–H groups in total. The van der Waals surface area contributed by atoms with E-state index in [1.54, 1.807) is 30.3 Å². The average Bonchev–Trinajstić information content (AvgIpc) is 2.70.